The molecule has 0 atom stereocenters. The maximum Gasteiger partial charge on any atom is 0.222 e. The minimum atomic E-state index is 0.392. The first-order valence-corrected chi connectivity index (χ1v) is 12.1. The monoisotopic (exact) mass is 496 g/mol. The second-order valence-corrected chi connectivity index (χ2v) is 9.02. The number of nitrogen functional groups attached to an aromatic ring is 1. The van der Waals surface area contributed by atoms with Crippen molar-refractivity contribution in [2.75, 3.05) is 12.8 Å². The van der Waals surface area contributed by atoms with E-state index in [0.717, 1.165) is 55.8 Å². The Morgan fingerprint density at radius 3 is 2.63 bits per heavy atom. The van der Waals surface area contributed by atoms with Crippen LogP contribution in [-0.2, 0) is 0 Å². The van der Waals surface area contributed by atoms with Gasteiger partial charge < -0.3 is 10.5 Å². The summed E-state index contributed by atoms with van der Waals surface area (Å²) in [6.45, 7) is 4.05. The van der Waals surface area contributed by atoms with E-state index in [2.05, 4.69) is 38.9 Å². The van der Waals surface area contributed by atoms with E-state index in [-0.39, 0.29) is 0 Å². The van der Waals surface area contributed by atoms with Crippen molar-refractivity contribution in [3.63, 3.8) is 0 Å². The molecule has 0 aliphatic carbocycles. The van der Waals surface area contributed by atoms with E-state index in [1.807, 2.05) is 73.1 Å². The Bertz CT molecular complexity index is 1910. The van der Waals surface area contributed by atoms with Gasteiger partial charge in [-0.25, -0.2) is 15.0 Å². The molecule has 6 rings (SSSR count). The molecular weight excluding hydrogens is 472 g/mol. The quantitative estimate of drug-likeness (QED) is 0.320. The standard InChI is InChI=1S/C31H24N6O/c1-19-13-16-37-28(17-19)36-29(25-5-4-14-34-31(25)38-3)30(37)24-9-11-27(32)35-26(24)10-7-21-6-8-23-20(2)33-15-12-22(23)18-21/h4-6,8-9,11-18H,1-3H3,(H2,32,35). The van der Waals surface area contributed by atoms with E-state index >= 15 is 0 Å². The highest BCUT2D eigenvalue weighted by molar-refractivity contribution is 5.87. The van der Waals surface area contributed by atoms with Gasteiger partial charge in [-0.3, -0.25) is 9.38 Å². The smallest absolute Gasteiger partial charge is 0.222 e. The molecule has 0 radical (unpaired) electrons. The van der Waals surface area contributed by atoms with Crippen molar-refractivity contribution in [3.05, 3.63) is 102 Å². The zero-order chi connectivity index (χ0) is 26.2. The molecule has 0 amide bonds. The first-order chi connectivity index (χ1) is 18.5. The summed E-state index contributed by atoms with van der Waals surface area (Å²) in [6.07, 6.45) is 5.52. The van der Waals surface area contributed by atoms with Gasteiger partial charge in [0.25, 0.3) is 0 Å². The van der Waals surface area contributed by atoms with Crippen LogP contribution in [0, 0.1) is 25.7 Å². The number of aromatic nitrogens is 5. The van der Waals surface area contributed by atoms with Gasteiger partial charge in [0.05, 0.1) is 18.4 Å². The summed E-state index contributed by atoms with van der Waals surface area (Å²) in [5, 5.41) is 2.20. The average molecular weight is 497 g/mol. The Morgan fingerprint density at radius 1 is 0.868 bits per heavy atom. The van der Waals surface area contributed by atoms with Crippen LogP contribution in [-0.4, -0.2) is 31.4 Å². The van der Waals surface area contributed by atoms with Crippen molar-refractivity contribution in [3.8, 4) is 40.2 Å². The molecule has 2 N–H and O–H groups in total. The van der Waals surface area contributed by atoms with Crippen LogP contribution >= 0.6 is 0 Å². The SMILES string of the molecule is COc1ncccc1-c1nc2cc(C)ccn2c1-c1ccc(N)nc1C#Cc1ccc2c(C)nccc2c1. The molecule has 0 aliphatic heterocycles. The third-order valence-corrected chi connectivity index (χ3v) is 6.46. The van der Waals surface area contributed by atoms with Crippen LogP contribution in [0.25, 0.3) is 38.9 Å². The van der Waals surface area contributed by atoms with Gasteiger partial charge in [0, 0.05) is 40.8 Å². The minimum Gasteiger partial charge on any atom is -0.481 e. The molecule has 0 unspecified atom stereocenters. The van der Waals surface area contributed by atoms with E-state index in [1.165, 1.54) is 0 Å². The Hall–Kier alpha value is -5.22. The van der Waals surface area contributed by atoms with Crippen LogP contribution < -0.4 is 10.5 Å². The largest absolute Gasteiger partial charge is 0.481 e. The predicted molar refractivity (Wildman–Crippen MR) is 150 cm³/mol. The highest BCUT2D eigenvalue weighted by atomic mass is 16.5. The van der Waals surface area contributed by atoms with Crippen LogP contribution in [0.1, 0.15) is 22.5 Å². The highest BCUT2D eigenvalue weighted by Crippen LogP contribution is 2.37. The number of anilines is 1. The van der Waals surface area contributed by atoms with E-state index in [4.69, 9.17) is 15.5 Å². The zero-order valence-electron chi connectivity index (χ0n) is 21.2. The van der Waals surface area contributed by atoms with Gasteiger partial charge in [-0.05, 0) is 85.3 Å². The van der Waals surface area contributed by atoms with E-state index in [9.17, 15) is 0 Å². The molecule has 0 spiro atoms. The molecule has 38 heavy (non-hydrogen) atoms. The number of pyridine rings is 4. The van der Waals surface area contributed by atoms with Crippen LogP contribution in [0.3, 0.4) is 0 Å². The summed E-state index contributed by atoms with van der Waals surface area (Å²) in [5.41, 5.74) is 13.6. The predicted octanol–water partition coefficient (Wildman–Crippen LogP) is 5.61. The summed E-state index contributed by atoms with van der Waals surface area (Å²) in [5.74, 6) is 7.45. The van der Waals surface area contributed by atoms with Gasteiger partial charge in [-0.15, -0.1) is 0 Å². The van der Waals surface area contributed by atoms with E-state index in [1.54, 1.807) is 19.4 Å². The number of rotatable bonds is 3. The minimum absolute atomic E-state index is 0.392. The average Bonchev–Trinajstić information content (AvgIpc) is 3.30. The van der Waals surface area contributed by atoms with Crippen molar-refractivity contribution in [2.45, 2.75) is 13.8 Å². The van der Waals surface area contributed by atoms with Crippen molar-refractivity contribution in [2.24, 2.45) is 0 Å². The molecule has 7 nitrogen and oxygen atoms in total. The molecule has 6 aromatic rings. The fourth-order valence-corrected chi connectivity index (χ4v) is 4.62. The number of methoxy groups -OCH3 is 1. The third kappa shape index (κ3) is 4.08. The number of aryl methyl sites for hydroxylation is 2. The lowest BCUT2D eigenvalue weighted by molar-refractivity contribution is 0.399. The lowest BCUT2D eigenvalue weighted by atomic mass is 10.0. The third-order valence-electron chi connectivity index (χ3n) is 6.46. The van der Waals surface area contributed by atoms with Gasteiger partial charge in [-0.1, -0.05) is 12.0 Å². The second-order valence-electron chi connectivity index (χ2n) is 9.02. The molecule has 1 aromatic carbocycles. The first-order valence-electron chi connectivity index (χ1n) is 12.1. The Balaban J connectivity index is 1.57. The number of benzene rings is 1. The van der Waals surface area contributed by atoms with Crippen molar-refractivity contribution in [1.82, 2.24) is 24.3 Å². The Morgan fingerprint density at radius 2 is 1.76 bits per heavy atom. The van der Waals surface area contributed by atoms with Gasteiger partial charge >= 0.3 is 0 Å². The van der Waals surface area contributed by atoms with Gasteiger partial charge in [0.1, 0.15) is 22.9 Å². The first kappa shape index (κ1) is 23.2. The number of nitrogens with two attached hydrogens (primary N) is 1. The topological polar surface area (TPSA) is 91.2 Å². The lowest BCUT2D eigenvalue weighted by Gasteiger charge is -2.10. The number of ether oxygens (including phenoxy) is 1. The molecule has 5 aromatic heterocycles. The van der Waals surface area contributed by atoms with Crippen molar-refractivity contribution in [1.29, 1.82) is 0 Å². The number of hydrogen-bond donors (Lipinski definition) is 1. The van der Waals surface area contributed by atoms with Crippen LogP contribution in [0.5, 0.6) is 5.88 Å². The maximum absolute atomic E-state index is 6.13. The highest BCUT2D eigenvalue weighted by Gasteiger charge is 2.22. The molecule has 0 bridgehead atoms. The molecular formula is C31H24N6O. The van der Waals surface area contributed by atoms with Crippen molar-refractivity contribution < 1.29 is 4.74 Å². The fraction of sp³-hybridized carbons (Fsp3) is 0.0968. The second kappa shape index (κ2) is 9.34. The number of imidazole rings is 1. The lowest BCUT2D eigenvalue weighted by Crippen LogP contribution is -1.99. The number of nitrogens with zero attached hydrogens (tertiary/aromatic N) is 5. The van der Waals surface area contributed by atoms with Crippen LogP contribution in [0.2, 0.25) is 0 Å². The maximum atomic E-state index is 6.13. The summed E-state index contributed by atoms with van der Waals surface area (Å²) in [7, 11) is 1.61. The molecule has 0 aliphatic rings. The van der Waals surface area contributed by atoms with Gasteiger partial charge in [0.2, 0.25) is 5.88 Å². The van der Waals surface area contributed by atoms with E-state index in [0.29, 0.717) is 17.4 Å². The molecule has 5 heterocycles. The molecule has 184 valence electrons. The van der Waals surface area contributed by atoms with Gasteiger partial charge in [0.15, 0.2) is 0 Å². The normalized spacial score (nSPS) is 10.9. The Labute approximate surface area is 220 Å². The van der Waals surface area contributed by atoms with Crippen molar-refractivity contribution >= 4 is 22.2 Å². The van der Waals surface area contributed by atoms with Crippen LogP contribution in [0.15, 0.2) is 79.3 Å². The summed E-state index contributed by atoms with van der Waals surface area (Å²) >= 11 is 0. The number of fused-ring (bicyclic) bond motifs is 2. The summed E-state index contributed by atoms with van der Waals surface area (Å²) < 4.78 is 7.62. The zero-order valence-corrected chi connectivity index (χ0v) is 21.2. The molecule has 0 saturated heterocycles. The molecule has 0 saturated carbocycles. The summed E-state index contributed by atoms with van der Waals surface area (Å²) in [6, 6.07) is 19.7. The fourth-order valence-electron chi connectivity index (χ4n) is 4.62. The molecule has 7 heteroatoms. The summed E-state index contributed by atoms with van der Waals surface area (Å²) in [4.78, 5) is 18.4. The van der Waals surface area contributed by atoms with Gasteiger partial charge in [-0.2, -0.15) is 0 Å². The number of hydrogen-bond acceptors (Lipinski definition) is 6. The molecule has 0 fully saturated rings. The van der Waals surface area contributed by atoms with Crippen LogP contribution in [0.4, 0.5) is 5.82 Å². The van der Waals surface area contributed by atoms with E-state index < -0.39 is 0 Å². The Kier molecular flexibility index (Phi) is 5.70.